The van der Waals surface area contributed by atoms with E-state index >= 15 is 0 Å². The summed E-state index contributed by atoms with van der Waals surface area (Å²) in [6.07, 6.45) is -1.48. The number of aromatic nitrogens is 2. The number of carbonyl (C=O) groups excluding carboxylic acids is 1. The van der Waals surface area contributed by atoms with Crippen molar-refractivity contribution in [3.05, 3.63) is 63.6 Å². The standard InChI is InChI=1S/C27H35Cl2N5O9/c28-15-8-16(29)10-17(9-15)43-20-11-23(37)34(26(20)40)4-6-42-5-3-19(18-1-2-22(36)32-25(18)39)27(41,13-35)21-7-14(24(30)38)12-31-33-21/h7-12,18-19,22-23,25-26,32,35-37,39-41H,1-6,13H2,(H2,30,38). The number of amides is 1. The molecular weight excluding hydrogens is 609 g/mol. The fourth-order valence-corrected chi connectivity index (χ4v) is 5.93. The normalized spacial score (nSPS) is 26.5. The predicted molar refractivity (Wildman–Crippen MR) is 152 cm³/mol. The molecule has 1 amide bonds. The Morgan fingerprint density at radius 1 is 1.14 bits per heavy atom. The zero-order chi connectivity index (χ0) is 31.3. The number of aliphatic hydroxyl groups is 6. The Morgan fingerprint density at radius 3 is 2.51 bits per heavy atom. The third-order valence-corrected chi connectivity index (χ3v) is 8.09. The molecule has 3 heterocycles. The van der Waals surface area contributed by atoms with Crippen LogP contribution in [-0.4, -0.2) is 103 Å². The van der Waals surface area contributed by atoms with E-state index in [0.29, 0.717) is 16.5 Å². The molecule has 1 aromatic carbocycles. The van der Waals surface area contributed by atoms with Crippen molar-refractivity contribution >= 4 is 29.1 Å². The van der Waals surface area contributed by atoms with Crippen molar-refractivity contribution in [1.82, 2.24) is 20.4 Å². The molecule has 0 radical (unpaired) electrons. The number of hydrogen-bond donors (Lipinski definition) is 8. The van der Waals surface area contributed by atoms with Crippen molar-refractivity contribution in [1.29, 1.82) is 0 Å². The van der Waals surface area contributed by atoms with Crippen molar-refractivity contribution in [2.24, 2.45) is 17.6 Å². The molecule has 43 heavy (non-hydrogen) atoms. The quantitative estimate of drug-likeness (QED) is 0.131. The Kier molecular flexibility index (Phi) is 11.3. The van der Waals surface area contributed by atoms with Crippen LogP contribution in [0.4, 0.5) is 0 Å². The zero-order valence-electron chi connectivity index (χ0n) is 23.0. The van der Waals surface area contributed by atoms with Crippen LogP contribution in [0.5, 0.6) is 5.75 Å². The van der Waals surface area contributed by atoms with Crippen LogP contribution in [0.3, 0.4) is 0 Å². The first-order chi connectivity index (χ1) is 20.4. The van der Waals surface area contributed by atoms with Gasteiger partial charge in [0, 0.05) is 41.1 Å². The van der Waals surface area contributed by atoms with Crippen molar-refractivity contribution in [3.8, 4) is 5.75 Å². The Bertz CT molecular complexity index is 1290. The van der Waals surface area contributed by atoms with Crippen LogP contribution in [0.25, 0.3) is 0 Å². The number of aliphatic hydroxyl groups excluding tert-OH is 5. The smallest absolute Gasteiger partial charge is 0.250 e. The molecule has 1 aromatic heterocycles. The van der Waals surface area contributed by atoms with E-state index in [9.17, 15) is 35.4 Å². The van der Waals surface area contributed by atoms with Crippen LogP contribution in [0.2, 0.25) is 10.0 Å². The lowest BCUT2D eigenvalue weighted by Gasteiger charge is -2.43. The topological polar surface area (TPSA) is 224 Å². The van der Waals surface area contributed by atoms with Gasteiger partial charge < -0.3 is 45.8 Å². The number of halogens is 2. The number of hydrogen-bond acceptors (Lipinski definition) is 13. The van der Waals surface area contributed by atoms with Gasteiger partial charge in [0.15, 0.2) is 6.23 Å². The third kappa shape index (κ3) is 7.98. The first-order valence-corrected chi connectivity index (χ1v) is 14.3. The number of carbonyl (C=O) groups is 1. The van der Waals surface area contributed by atoms with Crippen LogP contribution in [-0.2, 0) is 10.3 Å². The number of nitrogens with two attached hydrogens (primary N) is 1. The van der Waals surface area contributed by atoms with Gasteiger partial charge in [-0.15, -0.1) is 0 Å². The Morgan fingerprint density at radius 2 is 1.86 bits per heavy atom. The van der Waals surface area contributed by atoms with E-state index < -0.39 is 54.9 Å². The molecule has 7 unspecified atom stereocenters. The molecule has 2 aliphatic rings. The zero-order valence-corrected chi connectivity index (χ0v) is 24.5. The van der Waals surface area contributed by atoms with Crippen molar-refractivity contribution in [2.75, 3.05) is 26.4 Å². The molecule has 2 aliphatic heterocycles. The minimum absolute atomic E-state index is 0.0252. The molecule has 16 heteroatoms. The summed E-state index contributed by atoms with van der Waals surface area (Å²) in [5, 5.41) is 74.8. The lowest BCUT2D eigenvalue weighted by Crippen LogP contribution is -2.55. The molecule has 9 N–H and O–H groups in total. The molecule has 2 aromatic rings. The highest BCUT2D eigenvalue weighted by Crippen LogP contribution is 2.40. The number of benzene rings is 1. The van der Waals surface area contributed by atoms with Crippen molar-refractivity contribution in [2.45, 2.75) is 49.8 Å². The fourth-order valence-electron chi connectivity index (χ4n) is 5.43. The summed E-state index contributed by atoms with van der Waals surface area (Å²) in [6.45, 7) is -0.662. The Hall–Kier alpha value is -2.47. The van der Waals surface area contributed by atoms with E-state index in [1.165, 1.54) is 35.2 Å². The Balaban J connectivity index is 1.40. The third-order valence-electron chi connectivity index (χ3n) is 7.66. The van der Waals surface area contributed by atoms with Gasteiger partial charge in [-0.2, -0.15) is 10.2 Å². The first-order valence-electron chi connectivity index (χ1n) is 13.6. The molecule has 236 valence electrons. The maximum Gasteiger partial charge on any atom is 0.250 e. The predicted octanol–water partition coefficient (Wildman–Crippen LogP) is -0.363. The van der Waals surface area contributed by atoms with E-state index in [0.717, 1.165) is 6.20 Å². The van der Waals surface area contributed by atoms with E-state index in [1.54, 1.807) is 0 Å². The van der Waals surface area contributed by atoms with Crippen LogP contribution in [0.15, 0.2) is 42.3 Å². The van der Waals surface area contributed by atoms with Crippen molar-refractivity contribution in [3.63, 3.8) is 0 Å². The van der Waals surface area contributed by atoms with Gasteiger partial charge in [-0.25, -0.2) is 4.90 Å². The SMILES string of the molecule is NC(=O)c1cnnc(C(O)(CO)C(CCOCCN2C(O)C=C(Oc3cc(Cl)cc(Cl)c3)C2O)C2CCC(O)NC2O)c1. The molecular formula is C27H35Cl2N5O9. The number of ether oxygens (including phenoxy) is 2. The second kappa shape index (κ2) is 14.5. The summed E-state index contributed by atoms with van der Waals surface area (Å²) in [5.74, 6) is -1.97. The summed E-state index contributed by atoms with van der Waals surface area (Å²) in [4.78, 5) is 13.0. The molecule has 4 rings (SSSR count). The largest absolute Gasteiger partial charge is 0.458 e. The molecule has 0 bridgehead atoms. The number of primary amides is 1. The van der Waals surface area contributed by atoms with Gasteiger partial charge in [0.1, 0.15) is 35.8 Å². The summed E-state index contributed by atoms with van der Waals surface area (Å²) in [5.41, 5.74) is 3.16. The van der Waals surface area contributed by atoms with Gasteiger partial charge in [-0.05, 0) is 43.5 Å². The number of nitrogens with zero attached hydrogens (tertiary/aromatic N) is 3. The maximum absolute atomic E-state index is 11.7. The van der Waals surface area contributed by atoms with E-state index in [-0.39, 0.29) is 55.4 Å². The first kappa shape index (κ1) is 33.4. The molecule has 14 nitrogen and oxygen atoms in total. The van der Waals surface area contributed by atoms with E-state index in [4.69, 9.17) is 38.4 Å². The van der Waals surface area contributed by atoms with Crippen LogP contribution < -0.4 is 15.8 Å². The Labute approximate surface area is 257 Å². The second-order valence-corrected chi connectivity index (χ2v) is 11.3. The highest BCUT2D eigenvalue weighted by Gasteiger charge is 2.47. The average molecular weight is 645 g/mol. The molecule has 7 atom stereocenters. The summed E-state index contributed by atoms with van der Waals surface area (Å²) >= 11 is 12.0. The van der Waals surface area contributed by atoms with E-state index in [1.807, 2.05) is 0 Å². The average Bonchev–Trinajstić information content (AvgIpc) is 3.21. The molecule has 0 aliphatic carbocycles. The van der Waals surface area contributed by atoms with Gasteiger partial charge >= 0.3 is 0 Å². The van der Waals surface area contributed by atoms with Gasteiger partial charge in [0.05, 0.1) is 30.7 Å². The lowest BCUT2D eigenvalue weighted by molar-refractivity contribution is -0.141. The number of rotatable bonds is 13. The van der Waals surface area contributed by atoms with Crippen LogP contribution in [0.1, 0.15) is 35.3 Å². The minimum Gasteiger partial charge on any atom is -0.458 e. The highest BCUT2D eigenvalue weighted by molar-refractivity contribution is 6.34. The fraction of sp³-hybridized carbons (Fsp3) is 0.519. The molecule has 1 fully saturated rings. The van der Waals surface area contributed by atoms with Gasteiger partial charge in [-0.3, -0.25) is 10.1 Å². The molecule has 1 saturated heterocycles. The number of piperidine rings is 1. The van der Waals surface area contributed by atoms with E-state index in [2.05, 4.69) is 15.5 Å². The monoisotopic (exact) mass is 643 g/mol. The van der Waals surface area contributed by atoms with Gasteiger partial charge in [0.25, 0.3) is 0 Å². The lowest BCUT2D eigenvalue weighted by atomic mass is 9.71. The molecule has 0 spiro atoms. The maximum atomic E-state index is 11.7. The van der Waals surface area contributed by atoms with Crippen LogP contribution >= 0.6 is 23.2 Å². The van der Waals surface area contributed by atoms with Gasteiger partial charge in [0.2, 0.25) is 5.91 Å². The second-order valence-electron chi connectivity index (χ2n) is 10.5. The van der Waals surface area contributed by atoms with Gasteiger partial charge in [-0.1, -0.05) is 23.2 Å². The summed E-state index contributed by atoms with van der Waals surface area (Å²) < 4.78 is 11.4. The van der Waals surface area contributed by atoms with Crippen LogP contribution in [0, 0.1) is 11.8 Å². The summed E-state index contributed by atoms with van der Waals surface area (Å²) in [6, 6.07) is 5.79. The highest BCUT2D eigenvalue weighted by atomic mass is 35.5. The molecule has 0 saturated carbocycles. The minimum atomic E-state index is -2.06. The summed E-state index contributed by atoms with van der Waals surface area (Å²) in [7, 11) is 0. The number of nitrogens with one attached hydrogen (secondary N) is 1. The van der Waals surface area contributed by atoms with Crippen molar-refractivity contribution < 1.29 is 44.9 Å².